The Hall–Kier alpha value is -3.64. The fourth-order valence-electron chi connectivity index (χ4n) is 4.26. The molecule has 0 saturated heterocycles. The Balaban J connectivity index is 1.17. The van der Waals surface area contributed by atoms with Crippen molar-refractivity contribution in [1.29, 1.82) is 0 Å². The van der Waals surface area contributed by atoms with E-state index in [1.165, 1.54) is 0 Å². The number of nitrogens with one attached hydrogen (secondary N) is 2. The maximum Gasteiger partial charge on any atom is 0.257 e. The standard InChI is InChI=1S/C27H25ClN4O2/c28-19-8-14-22(15-9-19)34-27-23(5-3-17-29-27)26(33)31-21-12-10-20(11-13-21)30-25-16-7-18-4-1-2-6-24(18)32-25/h1-9,14-17,20-21H,10-13H2,(H,30,32)(H,31,33)/t20-,21+. The van der Waals surface area contributed by atoms with Crippen LogP contribution < -0.4 is 15.4 Å². The summed E-state index contributed by atoms with van der Waals surface area (Å²) in [4.78, 5) is 22.0. The Morgan fingerprint density at radius 3 is 2.47 bits per heavy atom. The van der Waals surface area contributed by atoms with Gasteiger partial charge in [0.15, 0.2) is 0 Å². The molecule has 0 bridgehead atoms. The Bertz CT molecular complexity index is 1290. The highest BCUT2D eigenvalue weighted by atomic mass is 35.5. The Labute approximate surface area is 203 Å². The first-order chi connectivity index (χ1) is 16.6. The molecule has 0 unspecified atom stereocenters. The highest BCUT2D eigenvalue weighted by molar-refractivity contribution is 6.30. The van der Waals surface area contributed by atoms with E-state index in [0.717, 1.165) is 42.4 Å². The number of para-hydroxylation sites is 1. The van der Waals surface area contributed by atoms with Gasteiger partial charge in [-0.15, -0.1) is 0 Å². The second-order valence-electron chi connectivity index (χ2n) is 8.47. The summed E-state index contributed by atoms with van der Waals surface area (Å²) in [5.74, 6) is 1.57. The third-order valence-electron chi connectivity index (χ3n) is 6.06. The monoisotopic (exact) mass is 472 g/mol. The van der Waals surface area contributed by atoms with Gasteiger partial charge >= 0.3 is 0 Å². The van der Waals surface area contributed by atoms with Crippen molar-refractivity contribution >= 4 is 34.2 Å². The van der Waals surface area contributed by atoms with Gasteiger partial charge in [0.25, 0.3) is 5.91 Å². The maximum atomic E-state index is 13.0. The van der Waals surface area contributed by atoms with Gasteiger partial charge in [-0.1, -0.05) is 29.8 Å². The van der Waals surface area contributed by atoms with Crippen LogP contribution in [0.15, 0.2) is 79.0 Å². The molecule has 2 heterocycles. The molecule has 0 radical (unpaired) electrons. The number of benzene rings is 2. The molecule has 2 N–H and O–H groups in total. The number of nitrogens with zero attached hydrogens (tertiary/aromatic N) is 2. The van der Waals surface area contributed by atoms with Crippen molar-refractivity contribution in [2.75, 3.05) is 5.32 Å². The normalized spacial score (nSPS) is 17.8. The summed E-state index contributed by atoms with van der Waals surface area (Å²) in [6.45, 7) is 0. The van der Waals surface area contributed by atoms with Crippen LogP contribution in [0.2, 0.25) is 5.02 Å². The van der Waals surface area contributed by atoms with E-state index < -0.39 is 0 Å². The quantitative estimate of drug-likeness (QED) is 0.348. The van der Waals surface area contributed by atoms with Crippen LogP contribution in [-0.4, -0.2) is 28.0 Å². The Morgan fingerprint density at radius 2 is 1.65 bits per heavy atom. The molecule has 7 heteroatoms. The molecule has 4 aromatic rings. The summed E-state index contributed by atoms with van der Waals surface area (Å²) in [6.07, 6.45) is 5.32. The van der Waals surface area contributed by atoms with Crippen LogP contribution in [0.3, 0.4) is 0 Å². The number of carbonyl (C=O) groups excluding carboxylic acids is 1. The zero-order chi connectivity index (χ0) is 23.3. The van der Waals surface area contributed by atoms with Crippen LogP contribution >= 0.6 is 11.6 Å². The minimum absolute atomic E-state index is 0.110. The molecule has 1 saturated carbocycles. The number of anilines is 1. The van der Waals surface area contributed by atoms with Crippen LogP contribution in [0.25, 0.3) is 10.9 Å². The molecule has 0 atom stereocenters. The van der Waals surface area contributed by atoms with E-state index in [-0.39, 0.29) is 17.8 Å². The minimum Gasteiger partial charge on any atom is -0.438 e. The van der Waals surface area contributed by atoms with Crippen molar-refractivity contribution in [1.82, 2.24) is 15.3 Å². The fraction of sp³-hybridized carbons (Fsp3) is 0.222. The molecule has 172 valence electrons. The molecule has 0 aliphatic heterocycles. The number of fused-ring (bicyclic) bond motifs is 1. The second-order valence-corrected chi connectivity index (χ2v) is 8.90. The molecule has 1 aliphatic rings. The van der Waals surface area contributed by atoms with E-state index in [1.807, 2.05) is 24.3 Å². The largest absolute Gasteiger partial charge is 0.438 e. The van der Waals surface area contributed by atoms with E-state index in [1.54, 1.807) is 42.6 Å². The number of carbonyl (C=O) groups is 1. The predicted octanol–water partition coefficient (Wildman–Crippen LogP) is 6.23. The molecule has 34 heavy (non-hydrogen) atoms. The zero-order valence-electron chi connectivity index (χ0n) is 18.6. The second kappa shape index (κ2) is 10.1. The number of hydrogen-bond donors (Lipinski definition) is 2. The van der Waals surface area contributed by atoms with Crippen molar-refractivity contribution in [3.63, 3.8) is 0 Å². The van der Waals surface area contributed by atoms with Crippen molar-refractivity contribution in [2.24, 2.45) is 0 Å². The fourth-order valence-corrected chi connectivity index (χ4v) is 4.39. The number of ether oxygens (including phenoxy) is 1. The van der Waals surface area contributed by atoms with Gasteiger partial charge in [-0.05, 0) is 80.3 Å². The molecular weight excluding hydrogens is 448 g/mol. The highest BCUT2D eigenvalue weighted by Gasteiger charge is 2.24. The average molecular weight is 473 g/mol. The van der Waals surface area contributed by atoms with Crippen molar-refractivity contribution in [2.45, 2.75) is 37.8 Å². The summed E-state index contributed by atoms with van der Waals surface area (Å²) in [5, 5.41) is 8.46. The number of pyridine rings is 2. The number of amides is 1. The Kier molecular flexibility index (Phi) is 6.58. The minimum atomic E-state index is -0.176. The molecule has 1 aliphatic carbocycles. The molecule has 1 amide bonds. The van der Waals surface area contributed by atoms with E-state index in [2.05, 4.69) is 27.8 Å². The van der Waals surface area contributed by atoms with Gasteiger partial charge < -0.3 is 15.4 Å². The maximum absolute atomic E-state index is 13.0. The van der Waals surface area contributed by atoms with Crippen LogP contribution in [0.1, 0.15) is 36.0 Å². The summed E-state index contributed by atoms with van der Waals surface area (Å²) in [6, 6.07) is 23.1. The van der Waals surface area contributed by atoms with Crippen molar-refractivity contribution in [3.05, 3.63) is 89.6 Å². The summed E-state index contributed by atoms with van der Waals surface area (Å²) in [7, 11) is 0. The van der Waals surface area contributed by atoms with Gasteiger partial charge in [0.1, 0.15) is 17.1 Å². The van der Waals surface area contributed by atoms with Gasteiger partial charge in [0, 0.05) is 28.7 Å². The van der Waals surface area contributed by atoms with E-state index in [9.17, 15) is 4.79 Å². The SMILES string of the molecule is O=C(N[C@H]1CC[C@@H](Nc2ccc3ccccc3n2)CC1)c1cccnc1Oc1ccc(Cl)cc1. The highest BCUT2D eigenvalue weighted by Crippen LogP contribution is 2.26. The zero-order valence-corrected chi connectivity index (χ0v) is 19.3. The number of aromatic nitrogens is 2. The number of hydrogen-bond acceptors (Lipinski definition) is 5. The van der Waals surface area contributed by atoms with Crippen LogP contribution in [0.4, 0.5) is 5.82 Å². The lowest BCUT2D eigenvalue weighted by Gasteiger charge is -2.30. The molecular formula is C27H25ClN4O2. The third kappa shape index (κ3) is 5.29. The topological polar surface area (TPSA) is 76.1 Å². The number of rotatable bonds is 6. The Morgan fingerprint density at radius 1 is 0.882 bits per heavy atom. The first kappa shape index (κ1) is 22.2. The summed E-state index contributed by atoms with van der Waals surface area (Å²) >= 11 is 5.94. The van der Waals surface area contributed by atoms with Crippen LogP contribution in [-0.2, 0) is 0 Å². The lowest BCUT2D eigenvalue weighted by atomic mass is 9.91. The van der Waals surface area contributed by atoms with Crippen molar-refractivity contribution in [3.8, 4) is 11.6 Å². The molecule has 6 nitrogen and oxygen atoms in total. The van der Waals surface area contributed by atoms with Gasteiger partial charge in [0.2, 0.25) is 5.88 Å². The third-order valence-corrected chi connectivity index (χ3v) is 6.31. The van der Waals surface area contributed by atoms with Gasteiger partial charge in [0.05, 0.1) is 5.52 Å². The summed E-state index contributed by atoms with van der Waals surface area (Å²) < 4.78 is 5.84. The van der Waals surface area contributed by atoms with Gasteiger partial charge in [-0.2, -0.15) is 0 Å². The molecule has 2 aromatic heterocycles. The smallest absolute Gasteiger partial charge is 0.257 e. The number of halogens is 1. The van der Waals surface area contributed by atoms with E-state index >= 15 is 0 Å². The van der Waals surface area contributed by atoms with Crippen LogP contribution in [0.5, 0.6) is 11.6 Å². The van der Waals surface area contributed by atoms with Gasteiger partial charge in [-0.25, -0.2) is 9.97 Å². The first-order valence-corrected chi connectivity index (χ1v) is 11.8. The van der Waals surface area contributed by atoms with Crippen LogP contribution in [0, 0.1) is 0 Å². The molecule has 1 fully saturated rings. The lowest BCUT2D eigenvalue weighted by Crippen LogP contribution is -2.40. The van der Waals surface area contributed by atoms with E-state index in [4.69, 9.17) is 21.3 Å². The molecule has 0 spiro atoms. The van der Waals surface area contributed by atoms with E-state index in [0.29, 0.717) is 22.4 Å². The predicted molar refractivity (Wildman–Crippen MR) is 135 cm³/mol. The average Bonchev–Trinajstić information content (AvgIpc) is 2.87. The lowest BCUT2D eigenvalue weighted by molar-refractivity contribution is 0.0923. The molecule has 2 aromatic carbocycles. The van der Waals surface area contributed by atoms with Crippen molar-refractivity contribution < 1.29 is 9.53 Å². The first-order valence-electron chi connectivity index (χ1n) is 11.5. The van der Waals surface area contributed by atoms with Gasteiger partial charge in [-0.3, -0.25) is 4.79 Å². The summed E-state index contributed by atoms with van der Waals surface area (Å²) in [5.41, 5.74) is 1.40. The molecule has 5 rings (SSSR count).